The minimum Gasteiger partial charge on any atom is -0.460 e. The van der Waals surface area contributed by atoms with Gasteiger partial charge in [0.1, 0.15) is 18.0 Å². The van der Waals surface area contributed by atoms with Crippen molar-refractivity contribution in [3.05, 3.63) is 11.1 Å². The molecule has 0 amide bonds. The van der Waals surface area contributed by atoms with Crippen LogP contribution in [0.2, 0.25) is 0 Å². The molecule has 37 heavy (non-hydrogen) atoms. The fourth-order valence-corrected chi connectivity index (χ4v) is 10.4. The van der Waals surface area contributed by atoms with Gasteiger partial charge in [0, 0.05) is 18.8 Å². The van der Waals surface area contributed by atoms with E-state index in [2.05, 4.69) is 55.4 Å². The molecule has 0 spiro atoms. The summed E-state index contributed by atoms with van der Waals surface area (Å²) < 4.78 is 11.7. The van der Waals surface area contributed by atoms with Gasteiger partial charge in [-0.3, -0.25) is 9.59 Å². The summed E-state index contributed by atoms with van der Waals surface area (Å²) in [5, 5.41) is 11.9. The van der Waals surface area contributed by atoms with Crippen LogP contribution in [0, 0.1) is 39.4 Å². The number of allylic oxidation sites excluding steroid dienone is 1. The van der Waals surface area contributed by atoms with Crippen molar-refractivity contribution in [3.8, 4) is 0 Å². The smallest absolute Gasteiger partial charge is 0.302 e. The number of aliphatic hydroxyl groups excluding tert-OH is 1. The van der Waals surface area contributed by atoms with Crippen LogP contribution < -0.4 is 0 Å². The van der Waals surface area contributed by atoms with Crippen molar-refractivity contribution in [2.75, 3.05) is 0 Å². The lowest BCUT2D eigenvalue weighted by molar-refractivity contribution is -0.208. The average molecular weight is 515 g/mol. The number of rotatable bonds is 5. The van der Waals surface area contributed by atoms with Crippen molar-refractivity contribution < 1.29 is 24.2 Å². The number of Topliss-reactive ketones (excluding diaryl/α,β-unsaturated/α-hetero) is 1. The summed E-state index contributed by atoms with van der Waals surface area (Å²) >= 11 is 0. The monoisotopic (exact) mass is 514 g/mol. The number of ether oxygens (including phenoxy) is 2. The molecule has 5 nitrogen and oxygen atoms in total. The van der Waals surface area contributed by atoms with Crippen LogP contribution in [0.15, 0.2) is 11.1 Å². The SMILES string of the molecule is CC(=O)O[C@H](C[C@H](C)C1=C2C[C@H](O)[C@@H]3[C@@]4(C)CCC(=O)C(C)(C)[C@@H]4CC[C@]3(C)[C@@]2(C)CC1)[C@@H]1OC1(C)C. The molecule has 5 heteroatoms. The number of esters is 1. The molecule has 4 fully saturated rings. The molecule has 3 saturated carbocycles. The first kappa shape index (κ1) is 27.4. The van der Waals surface area contributed by atoms with Crippen LogP contribution in [-0.4, -0.2) is 40.8 Å². The number of epoxide rings is 1. The normalized spacial score (nSPS) is 45.4. The summed E-state index contributed by atoms with van der Waals surface area (Å²) in [5.74, 6) is 0.947. The van der Waals surface area contributed by atoms with E-state index in [9.17, 15) is 14.7 Å². The topological polar surface area (TPSA) is 76.1 Å². The summed E-state index contributed by atoms with van der Waals surface area (Å²) in [5.41, 5.74) is 2.41. The van der Waals surface area contributed by atoms with E-state index < -0.39 is 0 Å². The van der Waals surface area contributed by atoms with Gasteiger partial charge in [-0.15, -0.1) is 0 Å². The molecule has 9 atom stereocenters. The third kappa shape index (κ3) is 3.84. The van der Waals surface area contributed by atoms with Crippen LogP contribution in [0.4, 0.5) is 0 Å². The van der Waals surface area contributed by atoms with Crippen molar-refractivity contribution in [3.63, 3.8) is 0 Å². The van der Waals surface area contributed by atoms with Gasteiger partial charge < -0.3 is 14.6 Å². The molecule has 1 N–H and O–H groups in total. The van der Waals surface area contributed by atoms with Crippen LogP contribution in [0.5, 0.6) is 0 Å². The van der Waals surface area contributed by atoms with E-state index in [-0.39, 0.29) is 63.4 Å². The first-order valence-electron chi connectivity index (χ1n) is 14.8. The number of fused-ring (bicyclic) bond motifs is 5. The van der Waals surface area contributed by atoms with Gasteiger partial charge in [0.2, 0.25) is 0 Å². The van der Waals surface area contributed by atoms with E-state index in [1.54, 1.807) is 0 Å². The van der Waals surface area contributed by atoms with E-state index in [0.29, 0.717) is 18.1 Å². The first-order valence-corrected chi connectivity index (χ1v) is 14.8. The zero-order valence-corrected chi connectivity index (χ0v) is 24.7. The fraction of sp³-hybridized carbons (Fsp3) is 0.875. The highest BCUT2D eigenvalue weighted by Crippen LogP contribution is 2.74. The standard InChI is InChI=1S/C32H50O5/c1-18(16-23(36-19(2)33)27-29(5,6)37-27)20-10-14-31(8)21(20)17-22(34)26-30(7)13-12-25(35)28(3,4)24(30)11-15-32(26,31)9/h18,22-24,26-27,34H,10-17H2,1-9H3/t18-,22-,23+,24-,26+,27-,30-,31-,32-/m0/s1. The third-order valence-corrected chi connectivity index (χ3v) is 12.5. The van der Waals surface area contributed by atoms with Crippen LogP contribution in [0.25, 0.3) is 0 Å². The molecular formula is C32H50O5. The Morgan fingerprint density at radius 3 is 2.32 bits per heavy atom. The highest BCUT2D eigenvalue weighted by Gasteiger charge is 2.69. The van der Waals surface area contributed by atoms with E-state index >= 15 is 0 Å². The second-order valence-corrected chi connectivity index (χ2v) is 15.2. The minimum absolute atomic E-state index is 0.0000676. The fourth-order valence-electron chi connectivity index (χ4n) is 10.4. The molecule has 0 aromatic heterocycles. The van der Waals surface area contributed by atoms with Crippen molar-refractivity contribution in [1.29, 1.82) is 0 Å². The minimum atomic E-state index is -0.389. The number of aliphatic hydroxyl groups is 1. The van der Waals surface area contributed by atoms with E-state index in [0.717, 1.165) is 44.9 Å². The van der Waals surface area contributed by atoms with Crippen LogP contribution in [0.1, 0.15) is 114 Å². The maximum atomic E-state index is 12.9. The number of hydrogen-bond donors (Lipinski definition) is 1. The Morgan fingerprint density at radius 2 is 1.73 bits per heavy atom. The number of hydrogen-bond acceptors (Lipinski definition) is 5. The Balaban J connectivity index is 1.46. The molecule has 1 aliphatic heterocycles. The lowest BCUT2D eigenvalue weighted by Gasteiger charge is -2.69. The molecule has 0 radical (unpaired) electrons. The molecule has 0 unspecified atom stereocenters. The molecule has 1 saturated heterocycles. The average Bonchev–Trinajstić information content (AvgIpc) is 3.27. The Hall–Kier alpha value is -1.20. The van der Waals surface area contributed by atoms with Gasteiger partial charge in [-0.2, -0.15) is 0 Å². The number of carbonyl (C=O) groups excluding carboxylic acids is 2. The third-order valence-electron chi connectivity index (χ3n) is 12.5. The van der Waals surface area contributed by atoms with Crippen molar-refractivity contribution >= 4 is 11.8 Å². The predicted octanol–water partition coefficient (Wildman–Crippen LogP) is 6.41. The van der Waals surface area contributed by atoms with Gasteiger partial charge >= 0.3 is 5.97 Å². The highest BCUT2D eigenvalue weighted by atomic mass is 16.6. The second-order valence-electron chi connectivity index (χ2n) is 15.2. The Kier molecular flexibility index (Phi) is 6.21. The van der Waals surface area contributed by atoms with Crippen molar-refractivity contribution in [1.82, 2.24) is 0 Å². The van der Waals surface area contributed by atoms with Crippen LogP contribution in [0.3, 0.4) is 0 Å². The predicted molar refractivity (Wildman–Crippen MR) is 144 cm³/mol. The second kappa shape index (κ2) is 8.40. The number of carbonyl (C=O) groups is 2. The zero-order valence-electron chi connectivity index (χ0n) is 24.7. The van der Waals surface area contributed by atoms with Gasteiger partial charge in [-0.05, 0) is 92.8 Å². The molecule has 5 aliphatic rings. The Morgan fingerprint density at radius 1 is 1.08 bits per heavy atom. The molecular weight excluding hydrogens is 464 g/mol. The molecule has 4 aliphatic carbocycles. The van der Waals surface area contributed by atoms with Gasteiger partial charge in [-0.1, -0.05) is 52.7 Å². The van der Waals surface area contributed by atoms with E-state index in [4.69, 9.17) is 9.47 Å². The van der Waals surface area contributed by atoms with Gasteiger partial charge in [-0.25, -0.2) is 0 Å². The highest BCUT2D eigenvalue weighted by molar-refractivity contribution is 5.85. The maximum absolute atomic E-state index is 12.9. The van der Waals surface area contributed by atoms with Gasteiger partial charge in [0.15, 0.2) is 0 Å². The summed E-state index contributed by atoms with van der Waals surface area (Å²) in [6.45, 7) is 19.5. The number of ketones is 1. The van der Waals surface area contributed by atoms with Gasteiger partial charge in [0.05, 0.1) is 11.7 Å². The summed E-state index contributed by atoms with van der Waals surface area (Å²) in [6.07, 6.45) is 6.64. The van der Waals surface area contributed by atoms with Crippen LogP contribution >= 0.6 is 0 Å². The molecule has 0 aromatic carbocycles. The zero-order chi connectivity index (χ0) is 27.3. The molecule has 1 heterocycles. The lowest BCUT2D eigenvalue weighted by atomic mass is 9.36. The largest absolute Gasteiger partial charge is 0.460 e. The Bertz CT molecular complexity index is 1020. The van der Waals surface area contributed by atoms with E-state index in [1.807, 2.05) is 0 Å². The molecule has 0 aromatic rings. The Labute approximate surface area is 224 Å². The maximum Gasteiger partial charge on any atom is 0.302 e. The summed E-state index contributed by atoms with van der Waals surface area (Å²) in [6, 6.07) is 0. The summed E-state index contributed by atoms with van der Waals surface area (Å²) in [4.78, 5) is 24.8. The summed E-state index contributed by atoms with van der Waals surface area (Å²) in [7, 11) is 0. The molecule has 0 bridgehead atoms. The van der Waals surface area contributed by atoms with Crippen molar-refractivity contribution in [2.24, 2.45) is 39.4 Å². The lowest BCUT2D eigenvalue weighted by Crippen LogP contribution is -2.65. The van der Waals surface area contributed by atoms with Gasteiger partial charge in [0.25, 0.3) is 0 Å². The van der Waals surface area contributed by atoms with E-state index in [1.165, 1.54) is 18.1 Å². The van der Waals surface area contributed by atoms with Crippen LogP contribution in [-0.2, 0) is 19.1 Å². The quantitative estimate of drug-likeness (QED) is 0.261. The molecule has 5 rings (SSSR count). The first-order chi connectivity index (χ1) is 17.0. The van der Waals surface area contributed by atoms with Crippen molar-refractivity contribution in [2.45, 2.75) is 138 Å². The molecule has 208 valence electrons.